The summed E-state index contributed by atoms with van der Waals surface area (Å²) in [7, 11) is 0.431. The molecule has 0 aromatic carbocycles. The highest BCUT2D eigenvalue weighted by atomic mass is 28.3. The Morgan fingerprint density at radius 3 is 2.42 bits per heavy atom. The average molecular weight is 181 g/mol. The molecule has 0 saturated carbocycles. The Morgan fingerprint density at radius 2 is 2.00 bits per heavy atom. The summed E-state index contributed by atoms with van der Waals surface area (Å²) in [5.41, 5.74) is 0. The summed E-state index contributed by atoms with van der Waals surface area (Å²) in [5.74, 6) is 0.927. The first kappa shape index (κ1) is 9.26. The minimum atomic E-state index is -1.26. The van der Waals surface area contributed by atoms with Gasteiger partial charge < -0.3 is 4.74 Å². The first-order chi connectivity index (χ1) is 5.55. The molecule has 0 amide bonds. The normalized spacial score (nSPS) is 11.3. The van der Waals surface area contributed by atoms with Crippen molar-refractivity contribution in [3.8, 4) is 5.75 Å². The SMILES string of the molecule is COc1cnccc1[Si](C)(C)C. The summed E-state index contributed by atoms with van der Waals surface area (Å²) >= 11 is 0. The van der Waals surface area contributed by atoms with E-state index in [-0.39, 0.29) is 0 Å². The van der Waals surface area contributed by atoms with E-state index in [1.54, 1.807) is 13.3 Å². The maximum atomic E-state index is 5.24. The Morgan fingerprint density at radius 1 is 1.33 bits per heavy atom. The molecule has 0 fully saturated rings. The lowest BCUT2D eigenvalue weighted by Gasteiger charge is -2.18. The highest BCUT2D eigenvalue weighted by molar-refractivity contribution is 6.89. The summed E-state index contributed by atoms with van der Waals surface area (Å²) in [6.45, 7) is 6.89. The zero-order valence-corrected chi connectivity index (χ0v) is 9.09. The Balaban J connectivity index is 3.14. The fraction of sp³-hybridized carbons (Fsp3) is 0.444. The van der Waals surface area contributed by atoms with Crippen molar-refractivity contribution >= 4 is 13.3 Å². The second-order valence-corrected chi connectivity index (χ2v) is 8.86. The van der Waals surface area contributed by atoms with Crippen LogP contribution in [0.1, 0.15) is 0 Å². The molecule has 2 nitrogen and oxygen atoms in total. The topological polar surface area (TPSA) is 22.1 Å². The second kappa shape index (κ2) is 3.27. The van der Waals surface area contributed by atoms with E-state index in [1.165, 1.54) is 5.19 Å². The number of aromatic nitrogens is 1. The van der Waals surface area contributed by atoms with Crippen LogP contribution in [0.25, 0.3) is 0 Å². The largest absolute Gasteiger partial charge is 0.495 e. The molecule has 0 spiro atoms. The van der Waals surface area contributed by atoms with Gasteiger partial charge in [0.25, 0.3) is 0 Å². The molecule has 0 unspecified atom stereocenters. The molecule has 12 heavy (non-hydrogen) atoms. The summed E-state index contributed by atoms with van der Waals surface area (Å²) in [4.78, 5) is 4.03. The van der Waals surface area contributed by atoms with Gasteiger partial charge in [-0.2, -0.15) is 0 Å². The Hall–Kier alpha value is -0.833. The Kier molecular flexibility index (Phi) is 2.52. The lowest BCUT2D eigenvalue weighted by molar-refractivity contribution is 0.416. The molecule has 66 valence electrons. The number of hydrogen-bond donors (Lipinski definition) is 0. The van der Waals surface area contributed by atoms with Crippen LogP contribution < -0.4 is 9.92 Å². The first-order valence-corrected chi connectivity index (χ1v) is 7.54. The molecule has 3 heteroatoms. The lowest BCUT2D eigenvalue weighted by atomic mass is 10.4. The van der Waals surface area contributed by atoms with Crippen molar-refractivity contribution in [1.29, 1.82) is 0 Å². The van der Waals surface area contributed by atoms with Crippen LogP contribution in [0.4, 0.5) is 0 Å². The van der Waals surface area contributed by atoms with Gasteiger partial charge in [-0.3, -0.25) is 4.98 Å². The van der Waals surface area contributed by atoms with Gasteiger partial charge in [0.15, 0.2) is 0 Å². The van der Waals surface area contributed by atoms with Crippen molar-refractivity contribution < 1.29 is 4.74 Å². The highest BCUT2D eigenvalue weighted by Crippen LogP contribution is 2.11. The number of nitrogens with zero attached hydrogens (tertiary/aromatic N) is 1. The Labute approximate surface area is 74.6 Å². The monoisotopic (exact) mass is 181 g/mol. The standard InChI is InChI=1S/C9H15NOSi/c1-11-8-7-10-6-5-9(8)12(2,3)4/h5-7H,1-4H3. The van der Waals surface area contributed by atoms with Crippen LogP contribution in [0, 0.1) is 0 Å². The Bertz CT molecular complexity index is 267. The number of hydrogen-bond acceptors (Lipinski definition) is 2. The fourth-order valence-electron chi connectivity index (χ4n) is 1.16. The van der Waals surface area contributed by atoms with Gasteiger partial charge in [-0.15, -0.1) is 0 Å². The molecule has 0 aliphatic rings. The molecule has 0 atom stereocenters. The minimum Gasteiger partial charge on any atom is -0.495 e. The zero-order valence-electron chi connectivity index (χ0n) is 8.09. The average Bonchev–Trinajstić information content (AvgIpc) is 2.03. The smallest absolute Gasteiger partial charge is 0.136 e. The van der Waals surface area contributed by atoms with Gasteiger partial charge in [-0.25, -0.2) is 0 Å². The second-order valence-electron chi connectivity index (χ2n) is 3.83. The third-order valence-electron chi connectivity index (χ3n) is 1.81. The van der Waals surface area contributed by atoms with Crippen LogP contribution in [0.3, 0.4) is 0 Å². The van der Waals surface area contributed by atoms with E-state index in [2.05, 4.69) is 30.7 Å². The van der Waals surface area contributed by atoms with Crippen molar-refractivity contribution in [2.75, 3.05) is 7.11 Å². The number of pyridine rings is 1. The van der Waals surface area contributed by atoms with Crippen LogP contribution in [-0.4, -0.2) is 20.2 Å². The fourth-order valence-corrected chi connectivity index (χ4v) is 2.64. The predicted octanol–water partition coefficient (Wildman–Crippen LogP) is 1.64. The third kappa shape index (κ3) is 1.85. The van der Waals surface area contributed by atoms with Gasteiger partial charge in [0.1, 0.15) is 5.75 Å². The van der Waals surface area contributed by atoms with E-state index in [9.17, 15) is 0 Å². The van der Waals surface area contributed by atoms with Crippen LogP contribution in [-0.2, 0) is 0 Å². The van der Waals surface area contributed by atoms with Gasteiger partial charge >= 0.3 is 0 Å². The molecule has 0 aliphatic heterocycles. The van der Waals surface area contributed by atoms with E-state index < -0.39 is 8.07 Å². The summed E-state index contributed by atoms with van der Waals surface area (Å²) < 4.78 is 5.24. The summed E-state index contributed by atoms with van der Waals surface area (Å²) in [6, 6.07) is 2.06. The first-order valence-electron chi connectivity index (χ1n) is 4.04. The van der Waals surface area contributed by atoms with Crippen molar-refractivity contribution in [2.24, 2.45) is 0 Å². The molecule has 0 radical (unpaired) electrons. The van der Waals surface area contributed by atoms with Gasteiger partial charge in [-0.1, -0.05) is 19.6 Å². The van der Waals surface area contributed by atoms with E-state index >= 15 is 0 Å². The number of rotatable bonds is 2. The molecular weight excluding hydrogens is 166 g/mol. The van der Waals surface area contributed by atoms with Crippen molar-refractivity contribution in [3.63, 3.8) is 0 Å². The van der Waals surface area contributed by atoms with Gasteiger partial charge in [0, 0.05) is 6.20 Å². The van der Waals surface area contributed by atoms with E-state index in [4.69, 9.17) is 4.74 Å². The van der Waals surface area contributed by atoms with Crippen molar-refractivity contribution in [2.45, 2.75) is 19.6 Å². The highest BCUT2D eigenvalue weighted by Gasteiger charge is 2.20. The molecule has 1 aromatic rings. The van der Waals surface area contributed by atoms with Crippen LogP contribution in [0.15, 0.2) is 18.5 Å². The molecule has 0 aliphatic carbocycles. The van der Waals surface area contributed by atoms with Crippen molar-refractivity contribution in [3.05, 3.63) is 18.5 Å². The van der Waals surface area contributed by atoms with E-state index in [0.29, 0.717) is 0 Å². The van der Waals surface area contributed by atoms with Gasteiger partial charge in [-0.05, 0) is 11.3 Å². The van der Waals surface area contributed by atoms with E-state index in [1.807, 2.05) is 6.20 Å². The zero-order chi connectivity index (χ0) is 9.19. The number of ether oxygens (including phenoxy) is 1. The van der Waals surface area contributed by atoms with Gasteiger partial charge in [0.05, 0.1) is 21.4 Å². The molecule has 1 heterocycles. The predicted molar refractivity (Wildman–Crippen MR) is 53.8 cm³/mol. The van der Waals surface area contributed by atoms with Crippen LogP contribution >= 0.6 is 0 Å². The van der Waals surface area contributed by atoms with E-state index in [0.717, 1.165) is 5.75 Å². The molecule has 1 aromatic heterocycles. The van der Waals surface area contributed by atoms with Crippen LogP contribution in [0.2, 0.25) is 19.6 Å². The molecule has 0 bridgehead atoms. The molecular formula is C9H15NOSi. The molecule has 1 rings (SSSR count). The molecule has 0 N–H and O–H groups in total. The van der Waals surface area contributed by atoms with Gasteiger partial charge in [0.2, 0.25) is 0 Å². The number of methoxy groups -OCH3 is 1. The summed E-state index contributed by atoms with van der Waals surface area (Å²) in [5, 5.41) is 1.33. The maximum Gasteiger partial charge on any atom is 0.136 e. The lowest BCUT2D eigenvalue weighted by Crippen LogP contribution is -2.38. The van der Waals surface area contributed by atoms with Crippen molar-refractivity contribution in [1.82, 2.24) is 4.98 Å². The van der Waals surface area contributed by atoms with Crippen LogP contribution in [0.5, 0.6) is 5.75 Å². The summed E-state index contributed by atoms with van der Waals surface area (Å²) in [6.07, 6.45) is 3.61. The minimum absolute atomic E-state index is 0.927. The maximum absolute atomic E-state index is 5.24. The third-order valence-corrected chi connectivity index (χ3v) is 3.84. The molecule has 0 saturated heterocycles. The quantitative estimate of drug-likeness (QED) is 0.647.